The van der Waals surface area contributed by atoms with Crippen molar-refractivity contribution in [1.29, 1.82) is 0 Å². The molecular formula is C19H24N4O4. The van der Waals surface area contributed by atoms with Gasteiger partial charge in [0.1, 0.15) is 5.82 Å². The van der Waals surface area contributed by atoms with Crippen LogP contribution in [0.2, 0.25) is 0 Å². The minimum Gasteiger partial charge on any atom is -0.383 e. The van der Waals surface area contributed by atoms with Crippen LogP contribution < -0.4 is 21.9 Å². The third-order valence-electron chi connectivity index (χ3n) is 4.05. The zero-order valence-corrected chi connectivity index (χ0v) is 15.3. The van der Waals surface area contributed by atoms with E-state index < -0.39 is 11.2 Å². The first-order valence-corrected chi connectivity index (χ1v) is 8.56. The summed E-state index contributed by atoms with van der Waals surface area (Å²) in [4.78, 5) is 40.8. The maximum Gasteiger partial charge on any atom is 0.330 e. The molecule has 27 heavy (non-hydrogen) atoms. The summed E-state index contributed by atoms with van der Waals surface area (Å²) in [7, 11) is 1.50. The van der Waals surface area contributed by atoms with E-state index in [1.54, 1.807) is 6.08 Å². The van der Waals surface area contributed by atoms with Gasteiger partial charge in [0, 0.05) is 20.1 Å². The van der Waals surface area contributed by atoms with Crippen LogP contribution in [0, 0.1) is 0 Å². The number of benzene rings is 1. The molecule has 0 saturated heterocycles. The number of allylic oxidation sites excluding steroid dienone is 1. The van der Waals surface area contributed by atoms with E-state index in [0.717, 1.165) is 5.56 Å². The van der Waals surface area contributed by atoms with Gasteiger partial charge in [-0.3, -0.25) is 19.1 Å². The molecule has 0 aliphatic rings. The van der Waals surface area contributed by atoms with Crippen molar-refractivity contribution in [2.45, 2.75) is 19.4 Å². The molecule has 0 aliphatic carbocycles. The smallest absolute Gasteiger partial charge is 0.330 e. The standard InChI is InChI=1S/C19H24N4O4/c1-3-4-10-15(24)22(11-12-27-2)16-17(20)23(19(26)21-18(16)25)13-14-8-6-5-7-9-14/h3,5-9H,1,4,10-13,20H2,2H3,(H,21,25,26). The molecule has 1 amide bonds. The third-order valence-corrected chi connectivity index (χ3v) is 4.05. The van der Waals surface area contributed by atoms with Crippen molar-refractivity contribution in [1.82, 2.24) is 9.55 Å². The molecule has 0 unspecified atom stereocenters. The summed E-state index contributed by atoms with van der Waals surface area (Å²) in [5, 5.41) is 0. The Bertz CT molecular complexity index is 902. The summed E-state index contributed by atoms with van der Waals surface area (Å²) in [5.41, 5.74) is 5.62. The number of nitrogens with one attached hydrogen (secondary N) is 1. The van der Waals surface area contributed by atoms with Crippen LogP contribution in [0.3, 0.4) is 0 Å². The number of methoxy groups -OCH3 is 1. The molecule has 0 atom stereocenters. The largest absolute Gasteiger partial charge is 0.383 e. The Morgan fingerprint density at radius 3 is 2.67 bits per heavy atom. The fourth-order valence-electron chi connectivity index (χ4n) is 2.67. The predicted octanol–water partition coefficient (Wildman–Crippen LogP) is 1.11. The Balaban J connectivity index is 2.50. The van der Waals surface area contributed by atoms with Gasteiger partial charge in [0.15, 0.2) is 5.69 Å². The van der Waals surface area contributed by atoms with Crippen LogP contribution in [0.1, 0.15) is 18.4 Å². The first-order chi connectivity index (χ1) is 13.0. The molecule has 3 N–H and O–H groups in total. The number of H-pyrrole nitrogens is 1. The van der Waals surface area contributed by atoms with Crippen molar-refractivity contribution in [2.75, 3.05) is 30.9 Å². The number of nitrogen functional groups attached to an aromatic ring is 1. The summed E-state index contributed by atoms with van der Waals surface area (Å²) in [6.07, 6.45) is 2.25. The van der Waals surface area contributed by atoms with Crippen LogP contribution in [0.4, 0.5) is 11.5 Å². The van der Waals surface area contributed by atoms with Crippen molar-refractivity contribution in [3.63, 3.8) is 0 Å². The zero-order chi connectivity index (χ0) is 19.8. The van der Waals surface area contributed by atoms with Gasteiger partial charge in [-0.2, -0.15) is 0 Å². The average molecular weight is 372 g/mol. The van der Waals surface area contributed by atoms with E-state index in [-0.39, 0.29) is 43.5 Å². The number of aromatic amines is 1. The molecule has 0 fully saturated rings. The monoisotopic (exact) mass is 372 g/mol. The highest BCUT2D eigenvalue weighted by Gasteiger charge is 2.23. The SMILES string of the molecule is C=CCCC(=O)N(CCOC)c1c(N)n(Cc2ccccc2)c(=O)[nH]c1=O. The van der Waals surface area contributed by atoms with Gasteiger partial charge in [0.25, 0.3) is 5.56 Å². The zero-order valence-electron chi connectivity index (χ0n) is 15.3. The molecule has 0 radical (unpaired) electrons. The average Bonchev–Trinajstić information content (AvgIpc) is 2.66. The normalized spacial score (nSPS) is 10.6. The maximum absolute atomic E-state index is 12.6. The Labute approximate surface area is 156 Å². The number of amides is 1. The molecule has 1 aromatic carbocycles. The van der Waals surface area contributed by atoms with Crippen molar-refractivity contribution in [3.05, 3.63) is 69.4 Å². The first kappa shape index (κ1) is 20.2. The van der Waals surface area contributed by atoms with Gasteiger partial charge < -0.3 is 15.4 Å². The first-order valence-electron chi connectivity index (χ1n) is 8.56. The van der Waals surface area contributed by atoms with Gasteiger partial charge in [-0.15, -0.1) is 6.58 Å². The van der Waals surface area contributed by atoms with Crippen LogP contribution in [-0.4, -0.2) is 35.7 Å². The van der Waals surface area contributed by atoms with E-state index in [1.807, 2.05) is 30.3 Å². The van der Waals surface area contributed by atoms with Crippen LogP contribution in [0.15, 0.2) is 52.6 Å². The summed E-state index contributed by atoms with van der Waals surface area (Å²) in [5.74, 6) is -0.357. The summed E-state index contributed by atoms with van der Waals surface area (Å²) >= 11 is 0. The predicted molar refractivity (Wildman–Crippen MR) is 105 cm³/mol. The maximum atomic E-state index is 12.6. The summed E-state index contributed by atoms with van der Waals surface area (Å²) in [6, 6.07) is 9.22. The molecule has 0 saturated carbocycles. The van der Waals surface area contributed by atoms with E-state index in [4.69, 9.17) is 10.5 Å². The van der Waals surface area contributed by atoms with Crippen molar-refractivity contribution in [2.24, 2.45) is 0 Å². The molecule has 1 heterocycles. The fourth-order valence-corrected chi connectivity index (χ4v) is 2.67. The molecular weight excluding hydrogens is 348 g/mol. The second-order valence-corrected chi connectivity index (χ2v) is 5.93. The molecule has 8 heteroatoms. The second-order valence-electron chi connectivity index (χ2n) is 5.93. The minimum atomic E-state index is -0.704. The number of ether oxygens (including phenoxy) is 1. The number of nitrogens with zero attached hydrogens (tertiary/aromatic N) is 2. The Morgan fingerprint density at radius 2 is 2.04 bits per heavy atom. The molecule has 144 valence electrons. The van der Waals surface area contributed by atoms with Gasteiger partial charge in [0.05, 0.1) is 13.2 Å². The van der Waals surface area contributed by atoms with Crippen molar-refractivity contribution in [3.8, 4) is 0 Å². The van der Waals surface area contributed by atoms with Crippen molar-refractivity contribution >= 4 is 17.4 Å². The number of rotatable bonds is 9. The lowest BCUT2D eigenvalue weighted by molar-refractivity contribution is -0.118. The fraction of sp³-hybridized carbons (Fsp3) is 0.316. The Morgan fingerprint density at radius 1 is 1.33 bits per heavy atom. The quantitative estimate of drug-likeness (QED) is 0.641. The van der Waals surface area contributed by atoms with Gasteiger partial charge in [-0.1, -0.05) is 36.4 Å². The van der Waals surface area contributed by atoms with Crippen LogP contribution in [-0.2, 0) is 16.1 Å². The number of carbonyl (C=O) groups is 1. The lowest BCUT2D eigenvalue weighted by atomic mass is 10.2. The van der Waals surface area contributed by atoms with Gasteiger partial charge in [0.2, 0.25) is 5.91 Å². The Kier molecular flexibility index (Phi) is 7.13. The molecule has 8 nitrogen and oxygen atoms in total. The third kappa shape index (κ3) is 4.95. The van der Waals surface area contributed by atoms with E-state index in [2.05, 4.69) is 11.6 Å². The van der Waals surface area contributed by atoms with E-state index >= 15 is 0 Å². The minimum absolute atomic E-state index is 0.0448. The number of aromatic nitrogens is 2. The number of anilines is 2. The summed E-state index contributed by atoms with van der Waals surface area (Å²) < 4.78 is 6.28. The second kappa shape index (κ2) is 9.54. The van der Waals surface area contributed by atoms with Gasteiger partial charge in [-0.05, 0) is 12.0 Å². The lowest BCUT2D eigenvalue weighted by Crippen LogP contribution is -2.42. The molecule has 2 aromatic rings. The van der Waals surface area contributed by atoms with Gasteiger partial charge >= 0.3 is 5.69 Å². The highest BCUT2D eigenvalue weighted by molar-refractivity contribution is 5.95. The molecule has 0 bridgehead atoms. The van der Waals surface area contributed by atoms with E-state index in [9.17, 15) is 14.4 Å². The van der Waals surface area contributed by atoms with Crippen LogP contribution >= 0.6 is 0 Å². The summed E-state index contributed by atoms with van der Waals surface area (Å²) in [6.45, 7) is 4.14. The molecule has 1 aromatic heterocycles. The van der Waals surface area contributed by atoms with E-state index in [1.165, 1.54) is 16.6 Å². The van der Waals surface area contributed by atoms with Crippen molar-refractivity contribution < 1.29 is 9.53 Å². The topological polar surface area (TPSA) is 110 Å². The number of hydrogen-bond acceptors (Lipinski definition) is 5. The lowest BCUT2D eigenvalue weighted by Gasteiger charge is -2.24. The van der Waals surface area contributed by atoms with Crippen LogP contribution in [0.5, 0.6) is 0 Å². The van der Waals surface area contributed by atoms with Gasteiger partial charge in [-0.25, -0.2) is 4.79 Å². The molecule has 0 spiro atoms. The highest BCUT2D eigenvalue weighted by atomic mass is 16.5. The van der Waals surface area contributed by atoms with E-state index in [0.29, 0.717) is 6.42 Å². The molecule has 0 aliphatic heterocycles. The molecule has 2 rings (SSSR count). The number of hydrogen-bond donors (Lipinski definition) is 2. The number of nitrogens with two attached hydrogens (primary N) is 1. The Hall–Kier alpha value is -3.13. The van der Waals surface area contributed by atoms with Crippen LogP contribution in [0.25, 0.3) is 0 Å². The highest BCUT2D eigenvalue weighted by Crippen LogP contribution is 2.19. The number of carbonyl (C=O) groups excluding carboxylic acids is 1.